The van der Waals surface area contributed by atoms with Gasteiger partial charge in [0.05, 0.1) is 18.3 Å². The van der Waals surface area contributed by atoms with E-state index in [2.05, 4.69) is 10.6 Å². The molecule has 0 radical (unpaired) electrons. The van der Waals surface area contributed by atoms with E-state index < -0.39 is 0 Å². The number of nitrogens with one attached hydrogen (secondary N) is 2. The molecule has 22 heavy (non-hydrogen) atoms. The summed E-state index contributed by atoms with van der Waals surface area (Å²) in [4.78, 5) is 12.0. The van der Waals surface area contributed by atoms with Crippen molar-refractivity contribution in [3.63, 3.8) is 0 Å². The minimum absolute atomic E-state index is 0.0641. The summed E-state index contributed by atoms with van der Waals surface area (Å²) >= 11 is 0. The first kappa shape index (κ1) is 16.0. The van der Waals surface area contributed by atoms with Gasteiger partial charge in [0, 0.05) is 6.54 Å². The molecule has 0 unspecified atom stereocenters. The summed E-state index contributed by atoms with van der Waals surface area (Å²) in [5, 5.41) is 6.00. The van der Waals surface area contributed by atoms with Crippen molar-refractivity contribution in [2.24, 2.45) is 0 Å². The smallest absolute Gasteiger partial charge is 0.238 e. The van der Waals surface area contributed by atoms with E-state index in [0.29, 0.717) is 18.0 Å². The topological polar surface area (TPSA) is 50.4 Å². The number of benzene rings is 2. The highest BCUT2D eigenvalue weighted by Gasteiger charge is 2.08. The van der Waals surface area contributed by atoms with Crippen LogP contribution in [-0.2, 0) is 11.3 Å². The highest BCUT2D eigenvalue weighted by Crippen LogP contribution is 2.24. The summed E-state index contributed by atoms with van der Waals surface area (Å²) in [5.74, 6) is 0.602. The molecule has 116 valence electrons. The van der Waals surface area contributed by atoms with Crippen molar-refractivity contribution >= 4 is 11.6 Å². The number of rotatable bonds is 7. The lowest BCUT2D eigenvalue weighted by molar-refractivity contribution is -0.115. The lowest BCUT2D eigenvalue weighted by Crippen LogP contribution is -2.28. The van der Waals surface area contributed by atoms with Gasteiger partial charge in [0.1, 0.15) is 5.75 Å². The predicted molar refractivity (Wildman–Crippen MR) is 89.0 cm³/mol. The monoisotopic (exact) mass is 298 g/mol. The van der Waals surface area contributed by atoms with Crippen molar-refractivity contribution in [2.45, 2.75) is 26.5 Å². The van der Waals surface area contributed by atoms with Gasteiger partial charge in [-0.25, -0.2) is 0 Å². The van der Waals surface area contributed by atoms with Crippen molar-refractivity contribution in [1.82, 2.24) is 5.32 Å². The Labute approximate surface area is 131 Å². The number of ether oxygens (including phenoxy) is 1. The number of carbonyl (C=O) groups excluding carboxylic acids is 1. The van der Waals surface area contributed by atoms with Crippen LogP contribution in [0.1, 0.15) is 19.4 Å². The summed E-state index contributed by atoms with van der Waals surface area (Å²) in [7, 11) is 0. The van der Waals surface area contributed by atoms with Crippen LogP contribution in [-0.4, -0.2) is 18.6 Å². The number of carbonyl (C=O) groups is 1. The molecule has 0 saturated carbocycles. The van der Waals surface area contributed by atoms with E-state index in [4.69, 9.17) is 4.74 Å². The lowest BCUT2D eigenvalue weighted by atomic mass is 10.2. The largest absolute Gasteiger partial charge is 0.489 e. The third kappa shape index (κ3) is 5.22. The molecular formula is C18H22N2O2. The Hall–Kier alpha value is -2.33. The molecule has 0 fully saturated rings. The van der Waals surface area contributed by atoms with Crippen LogP contribution in [0.15, 0.2) is 54.6 Å². The second kappa shape index (κ2) is 8.20. The zero-order chi connectivity index (χ0) is 15.8. The predicted octanol–water partition coefficient (Wildman–Crippen LogP) is 3.20. The number of hydrogen-bond acceptors (Lipinski definition) is 3. The van der Waals surface area contributed by atoms with Gasteiger partial charge in [0.15, 0.2) is 0 Å². The summed E-state index contributed by atoms with van der Waals surface area (Å²) in [5.41, 5.74) is 1.85. The average Bonchev–Trinajstić information content (AvgIpc) is 2.50. The molecule has 0 saturated heterocycles. The van der Waals surface area contributed by atoms with Crippen molar-refractivity contribution in [3.8, 4) is 5.75 Å². The number of hydrogen-bond donors (Lipinski definition) is 2. The van der Waals surface area contributed by atoms with Gasteiger partial charge in [-0.05, 0) is 31.5 Å². The first-order valence-corrected chi connectivity index (χ1v) is 7.45. The van der Waals surface area contributed by atoms with Crippen LogP contribution in [0.3, 0.4) is 0 Å². The molecule has 2 rings (SSSR count). The van der Waals surface area contributed by atoms with Crippen LogP contribution >= 0.6 is 0 Å². The molecule has 2 aromatic carbocycles. The average molecular weight is 298 g/mol. The Morgan fingerprint density at radius 3 is 2.45 bits per heavy atom. The van der Waals surface area contributed by atoms with Gasteiger partial charge in [-0.1, -0.05) is 42.5 Å². The molecule has 0 aromatic heterocycles. The van der Waals surface area contributed by atoms with Gasteiger partial charge in [0.2, 0.25) is 5.91 Å². The highest BCUT2D eigenvalue weighted by molar-refractivity contribution is 5.93. The van der Waals surface area contributed by atoms with Crippen molar-refractivity contribution in [1.29, 1.82) is 0 Å². The quantitative estimate of drug-likeness (QED) is 0.825. The van der Waals surface area contributed by atoms with E-state index in [1.807, 2.05) is 68.4 Å². The van der Waals surface area contributed by atoms with E-state index >= 15 is 0 Å². The third-order valence-corrected chi connectivity index (χ3v) is 2.98. The molecule has 0 spiro atoms. The maximum Gasteiger partial charge on any atom is 0.238 e. The minimum atomic E-state index is -0.0873. The van der Waals surface area contributed by atoms with E-state index in [9.17, 15) is 4.79 Å². The maximum atomic E-state index is 12.0. The molecule has 0 aliphatic rings. The van der Waals surface area contributed by atoms with Crippen LogP contribution in [0.2, 0.25) is 0 Å². The molecule has 0 bridgehead atoms. The van der Waals surface area contributed by atoms with Crippen LogP contribution in [0, 0.1) is 0 Å². The van der Waals surface area contributed by atoms with Crippen molar-refractivity contribution in [2.75, 3.05) is 11.9 Å². The zero-order valence-corrected chi connectivity index (χ0v) is 13.0. The Morgan fingerprint density at radius 2 is 1.73 bits per heavy atom. The van der Waals surface area contributed by atoms with E-state index in [0.717, 1.165) is 5.56 Å². The molecule has 4 nitrogen and oxygen atoms in total. The fraction of sp³-hybridized carbons (Fsp3) is 0.278. The van der Waals surface area contributed by atoms with Crippen LogP contribution < -0.4 is 15.4 Å². The Morgan fingerprint density at radius 1 is 1.05 bits per heavy atom. The number of anilines is 1. The van der Waals surface area contributed by atoms with Crippen LogP contribution in [0.5, 0.6) is 5.75 Å². The van der Waals surface area contributed by atoms with Gasteiger partial charge in [-0.2, -0.15) is 0 Å². The summed E-state index contributed by atoms with van der Waals surface area (Å²) in [6, 6.07) is 17.4. The second-order valence-corrected chi connectivity index (χ2v) is 5.30. The van der Waals surface area contributed by atoms with E-state index in [1.165, 1.54) is 0 Å². The van der Waals surface area contributed by atoms with E-state index in [1.54, 1.807) is 0 Å². The molecule has 0 aliphatic carbocycles. The minimum Gasteiger partial charge on any atom is -0.489 e. The summed E-state index contributed by atoms with van der Waals surface area (Å²) < 4.78 is 5.68. The summed E-state index contributed by atoms with van der Waals surface area (Å²) in [6.45, 7) is 4.84. The van der Waals surface area contributed by atoms with Crippen molar-refractivity contribution in [3.05, 3.63) is 60.2 Å². The lowest BCUT2D eigenvalue weighted by Gasteiger charge is -2.15. The maximum absolute atomic E-state index is 12.0. The van der Waals surface area contributed by atoms with E-state index in [-0.39, 0.29) is 18.6 Å². The molecule has 0 atom stereocenters. The fourth-order valence-corrected chi connectivity index (χ4v) is 2.04. The fourth-order valence-electron chi connectivity index (χ4n) is 2.04. The molecule has 2 N–H and O–H groups in total. The molecule has 4 heteroatoms. The van der Waals surface area contributed by atoms with Gasteiger partial charge in [0.25, 0.3) is 0 Å². The Bertz CT molecular complexity index is 597. The molecule has 0 heterocycles. The molecular weight excluding hydrogens is 276 g/mol. The van der Waals surface area contributed by atoms with Gasteiger partial charge in [-0.3, -0.25) is 4.79 Å². The summed E-state index contributed by atoms with van der Waals surface area (Å²) in [6.07, 6.45) is 0.0641. The molecule has 2 aromatic rings. The first-order valence-electron chi connectivity index (χ1n) is 7.45. The Balaban J connectivity index is 1.84. The number of para-hydroxylation sites is 2. The zero-order valence-electron chi connectivity index (χ0n) is 13.0. The van der Waals surface area contributed by atoms with Gasteiger partial charge in [-0.15, -0.1) is 0 Å². The molecule has 1 amide bonds. The molecule has 0 aliphatic heterocycles. The van der Waals surface area contributed by atoms with Crippen LogP contribution in [0.4, 0.5) is 5.69 Å². The van der Waals surface area contributed by atoms with Gasteiger partial charge < -0.3 is 15.4 Å². The van der Waals surface area contributed by atoms with Gasteiger partial charge >= 0.3 is 0 Å². The van der Waals surface area contributed by atoms with Crippen molar-refractivity contribution < 1.29 is 9.53 Å². The second-order valence-electron chi connectivity index (χ2n) is 5.30. The SMILES string of the molecule is CC(C)Oc1ccccc1NC(=O)CNCc1ccccc1. The van der Waals surface area contributed by atoms with Crippen LogP contribution in [0.25, 0.3) is 0 Å². The number of amides is 1. The normalized spacial score (nSPS) is 10.5. The third-order valence-electron chi connectivity index (χ3n) is 2.98. The highest BCUT2D eigenvalue weighted by atomic mass is 16.5. The Kier molecular flexibility index (Phi) is 5.98. The first-order chi connectivity index (χ1) is 10.6. The standard InChI is InChI=1S/C18H22N2O2/c1-14(2)22-17-11-7-6-10-16(17)20-18(21)13-19-12-15-8-4-3-5-9-15/h3-11,14,19H,12-13H2,1-2H3,(H,20,21).